The maximum absolute atomic E-state index is 12.7. The summed E-state index contributed by atoms with van der Waals surface area (Å²) in [4.78, 5) is 26.6. The van der Waals surface area contributed by atoms with Gasteiger partial charge in [-0.25, -0.2) is 4.68 Å². The van der Waals surface area contributed by atoms with Crippen LogP contribution in [0, 0.1) is 0 Å². The van der Waals surface area contributed by atoms with E-state index in [2.05, 4.69) is 35.4 Å². The third-order valence-electron chi connectivity index (χ3n) is 4.23. The molecule has 1 aromatic heterocycles. The number of carbonyl (C=O) groups is 1. The number of aryl methyl sites for hydroxylation is 1. The highest BCUT2D eigenvalue weighted by Gasteiger charge is 2.16. The van der Waals surface area contributed by atoms with Gasteiger partial charge in [-0.05, 0) is 24.7 Å². The lowest BCUT2D eigenvalue weighted by Gasteiger charge is -2.14. The third kappa shape index (κ3) is 6.00. The van der Waals surface area contributed by atoms with E-state index in [9.17, 15) is 9.59 Å². The Morgan fingerprint density at radius 1 is 1.18 bits per heavy atom. The number of hydrogen-bond donors (Lipinski definition) is 4. The number of nitrogens with one attached hydrogen (secondary N) is 4. The predicted octanol–water partition coefficient (Wildman–Crippen LogP) is -0.160. The summed E-state index contributed by atoms with van der Waals surface area (Å²) in [5.74, 6) is -0.441. The first-order chi connectivity index (χ1) is 13.4. The molecular weight excluding hydrogens is 376 g/mol. The van der Waals surface area contributed by atoms with Crippen molar-refractivity contribution in [3.05, 3.63) is 40.3 Å². The van der Waals surface area contributed by atoms with Crippen molar-refractivity contribution in [3.8, 4) is 0 Å². The Balaban J connectivity index is 2.09. The number of amides is 1. The highest BCUT2D eigenvalue weighted by Crippen LogP contribution is 2.13. The van der Waals surface area contributed by atoms with Crippen molar-refractivity contribution in [2.45, 2.75) is 32.7 Å². The SMILES string of the molecule is CCCCn1nc(C(=O)NNC(=S)NCCC[NH+](C)C)c2ccccc2c1=O. The van der Waals surface area contributed by atoms with Crippen molar-refractivity contribution in [1.29, 1.82) is 0 Å². The van der Waals surface area contributed by atoms with Crippen LogP contribution in [0.4, 0.5) is 0 Å². The van der Waals surface area contributed by atoms with Crippen LogP contribution >= 0.6 is 12.2 Å². The van der Waals surface area contributed by atoms with Gasteiger partial charge in [0.15, 0.2) is 10.8 Å². The Morgan fingerprint density at radius 2 is 1.89 bits per heavy atom. The first-order valence-corrected chi connectivity index (χ1v) is 9.98. The summed E-state index contributed by atoms with van der Waals surface area (Å²) in [6.07, 6.45) is 2.71. The molecule has 8 nitrogen and oxygen atoms in total. The fourth-order valence-corrected chi connectivity index (χ4v) is 2.88. The average molecular weight is 406 g/mol. The number of benzene rings is 1. The lowest BCUT2D eigenvalue weighted by molar-refractivity contribution is -0.858. The molecule has 1 aromatic carbocycles. The molecular formula is C19H29N6O2S+. The van der Waals surface area contributed by atoms with E-state index in [-0.39, 0.29) is 11.3 Å². The molecule has 1 heterocycles. The molecule has 2 aromatic rings. The maximum Gasteiger partial charge on any atom is 0.290 e. The first kappa shape index (κ1) is 21.8. The van der Waals surface area contributed by atoms with Gasteiger partial charge in [0.05, 0.1) is 26.0 Å². The number of aromatic nitrogens is 2. The van der Waals surface area contributed by atoms with E-state index in [1.165, 1.54) is 9.58 Å². The van der Waals surface area contributed by atoms with Crippen molar-refractivity contribution < 1.29 is 9.69 Å². The fraction of sp³-hybridized carbons (Fsp3) is 0.474. The van der Waals surface area contributed by atoms with Crippen molar-refractivity contribution in [1.82, 2.24) is 25.9 Å². The van der Waals surface area contributed by atoms with Crippen molar-refractivity contribution >= 4 is 34.0 Å². The second-order valence-electron chi connectivity index (χ2n) is 6.92. The van der Waals surface area contributed by atoms with Gasteiger partial charge in [0.25, 0.3) is 11.5 Å². The molecule has 4 N–H and O–H groups in total. The standard InChI is InChI=1S/C19H28N6O2S/c1-4-5-13-25-18(27)15-10-7-6-9-14(15)16(23-25)17(26)21-22-19(28)20-11-8-12-24(2)3/h6-7,9-10H,4-5,8,11-13H2,1-3H3,(H,21,26)(H2,20,22,28)/p+1. The molecule has 0 aliphatic carbocycles. The molecule has 0 aliphatic heterocycles. The Kier molecular flexibility index (Phi) is 8.34. The highest BCUT2D eigenvalue weighted by atomic mass is 32.1. The Labute approximate surface area is 170 Å². The van der Waals surface area contributed by atoms with Gasteiger partial charge >= 0.3 is 0 Å². The minimum absolute atomic E-state index is 0.186. The molecule has 1 amide bonds. The Bertz CT molecular complexity index is 880. The van der Waals surface area contributed by atoms with Crippen molar-refractivity contribution in [3.63, 3.8) is 0 Å². The van der Waals surface area contributed by atoms with Crippen molar-refractivity contribution in [2.24, 2.45) is 0 Å². The Morgan fingerprint density at radius 3 is 2.57 bits per heavy atom. The van der Waals surface area contributed by atoms with Crippen LogP contribution in [0.2, 0.25) is 0 Å². The maximum atomic E-state index is 12.7. The summed E-state index contributed by atoms with van der Waals surface area (Å²) in [6, 6.07) is 7.00. The molecule has 152 valence electrons. The minimum Gasteiger partial charge on any atom is -0.361 e. The number of unbranched alkanes of at least 4 members (excludes halogenated alkanes) is 1. The van der Waals surface area contributed by atoms with Gasteiger partial charge in [-0.15, -0.1) is 0 Å². The lowest BCUT2D eigenvalue weighted by Crippen LogP contribution is -3.05. The number of quaternary nitrogens is 1. The normalized spacial score (nSPS) is 10.9. The number of hydrogen-bond acceptors (Lipinski definition) is 4. The summed E-state index contributed by atoms with van der Waals surface area (Å²) in [5, 5.41) is 8.68. The number of carbonyl (C=O) groups excluding carboxylic acids is 1. The van der Waals surface area contributed by atoms with E-state index >= 15 is 0 Å². The number of nitrogens with zero attached hydrogens (tertiary/aromatic N) is 2. The largest absolute Gasteiger partial charge is 0.361 e. The second kappa shape index (κ2) is 10.7. The van der Waals surface area contributed by atoms with Crippen LogP contribution in [0.15, 0.2) is 29.1 Å². The van der Waals surface area contributed by atoms with Gasteiger partial charge in [-0.2, -0.15) is 5.10 Å². The van der Waals surface area contributed by atoms with Gasteiger partial charge in [0.2, 0.25) is 0 Å². The van der Waals surface area contributed by atoms with Crippen LogP contribution in [0.1, 0.15) is 36.7 Å². The molecule has 0 unspecified atom stereocenters. The first-order valence-electron chi connectivity index (χ1n) is 9.57. The zero-order chi connectivity index (χ0) is 20.5. The highest BCUT2D eigenvalue weighted by molar-refractivity contribution is 7.80. The van der Waals surface area contributed by atoms with E-state index in [4.69, 9.17) is 12.2 Å². The molecule has 0 radical (unpaired) electrons. The van der Waals surface area contributed by atoms with Gasteiger partial charge in [-0.3, -0.25) is 20.4 Å². The molecule has 0 saturated carbocycles. The van der Waals surface area contributed by atoms with E-state index in [1.54, 1.807) is 24.3 Å². The fourth-order valence-electron chi connectivity index (χ4n) is 2.72. The second-order valence-corrected chi connectivity index (χ2v) is 7.33. The molecule has 0 saturated heterocycles. The Hall–Kier alpha value is -2.52. The molecule has 0 bridgehead atoms. The zero-order valence-corrected chi connectivity index (χ0v) is 17.5. The average Bonchev–Trinajstić information content (AvgIpc) is 2.69. The van der Waals surface area contributed by atoms with Crippen LogP contribution in [0.5, 0.6) is 0 Å². The summed E-state index contributed by atoms with van der Waals surface area (Å²) in [6.45, 7) is 4.26. The van der Waals surface area contributed by atoms with Crippen LogP contribution < -0.4 is 26.6 Å². The van der Waals surface area contributed by atoms with E-state index < -0.39 is 5.91 Å². The van der Waals surface area contributed by atoms with Gasteiger partial charge in [0.1, 0.15) is 0 Å². The van der Waals surface area contributed by atoms with Gasteiger partial charge in [-0.1, -0.05) is 31.5 Å². The number of rotatable bonds is 8. The summed E-state index contributed by atoms with van der Waals surface area (Å²) < 4.78 is 1.36. The lowest BCUT2D eigenvalue weighted by atomic mass is 10.1. The molecule has 9 heteroatoms. The summed E-state index contributed by atoms with van der Waals surface area (Å²) >= 11 is 5.18. The van der Waals surface area contributed by atoms with E-state index in [0.29, 0.717) is 22.4 Å². The van der Waals surface area contributed by atoms with Crippen LogP contribution in [-0.2, 0) is 6.54 Å². The van der Waals surface area contributed by atoms with E-state index in [0.717, 1.165) is 32.4 Å². The molecule has 0 atom stereocenters. The quantitative estimate of drug-likeness (QED) is 0.277. The number of fused-ring (bicyclic) bond motifs is 1. The third-order valence-corrected chi connectivity index (χ3v) is 4.48. The number of thiocarbonyl (C=S) groups is 1. The molecule has 0 fully saturated rings. The smallest absolute Gasteiger partial charge is 0.290 e. The molecule has 2 rings (SSSR count). The summed E-state index contributed by atoms with van der Waals surface area (Å²) in [7, 11) is 4.18. The predicted molar refractivity (Wildman–Crippen MR) is 114 cm³/mol. The molecule has 0 aliphatic rings. The topological polar surface area (TPSA) is 92.5 Å². The molecule has 0 spiro atoms. The van der Waals surface area contributed by atoms with Crippen LogP contribution in [-0.4, -0.2) is 48.0 Å². The van der Waals surface area contributed by atoms with E-state index in [1.807, 2.05) is 6.92 Å². The van der Waals surface area contributed by atoms with Gasteiger partial charge < -0.3 is 10.2 Å². The van der Waals surface area contributed by atoms with Gasteiger partial charge in [0, 0.05) is 24.9 Å². The zero-order valence-electron chi connectivity index (χ0n) is 16.7. The summed E-state index contributed by atoms with van der Waals surface area (Å²) in [5.41, 5.74) is 5.27. The molecule has 28 heavy (non-hydrogen) atoms. The minimum atomic E-state index is -0.441. The number of hydrazine groups is 1. The van der Waals surface area contributed by atoms with Crippen LogP contribution in [0.25, 0.3) is 10.8 Å². The van der Waals surface area contributed by atoms with Crippen LogP contribution in [0.3, 0.4) is 0 Å². The monoisotopic (exact) mass is 405 g/mol. The van der Waals surface area contributed by atoms with Crippen molar-refractivity contribution in [2.75, 3.05) is 27.2 Å².